The van der Waals surface area contributed by atoms with Crippen molar-refractivity contribution < 1.29 is 38.7 Å². The van der Waals surface area contributed by atoms with Crippen molar-refractivity contribution in [1.82, 2.24) is 10.3 Å². The number of nitrogen functional groups attached to an aromatic ring is 1. The van der Waals surface area contributed by atoms with Crippen molar-refractivity contribution in [3.8, 4) is 5.75 Å². The molecular weight excluding hydrogens is 429 g/mol. The lowest BCUT2D eigenvalue weighted by Gasteiger charge is -2.28. The number of methoxy groups -OCH3 is 1. The van der Waals surface area contributed by atoms with Crippen molar-refractivity contribution in [1.29, 1.82) is 0 Å². The number of nitrogens with zero attached hydrogens (tertiary/aromatic N) is 1. The van der Waals surface area contributed by atoms with E-state index in [1.165, 1.54) is 11.4 Å². The van der Waals surface area contributed by atoms with Gasteiger partial charge in [-0.15, -0.1) is 11.3 Å². The summed E-state index contributed by atoms with van der Waals surface area (Å²) in [4.78, 5) is 51.8. The highest BCUT2D eigenvalue weighted by Crippen LogP contribution is 2.37. The number of aromatic carboxylic acids is 1. The quantitative estimate of drug-likeness (QED) is 0.272. The van der Waals surface area contributed by atoms with E-state index in [4.69, 9.17) is 10.4 Å². The van der Waals surface area contributed by atoms with E-state index < -0.39 is 42.6 Å². The highest BCUT2D eigenvalue weighted by molar-refractivity contribution is 7.13. The Labute approximate surface area is 180 Å². The number of anilines is 1. The summed E-state index contributed by atoms with van der Waals surface area (Å²) < 4.78 is 9.75. The Balaban J connectivity index is 1.81. The molecule has 1 aromatic heterocycles. The number of aromatic nitrogens is 1. The summed E-state index contributed by atoms with van der Waals surface area (Å²) in [7, 11) is -0.424. The number of benzene rings is 1. The summed E-state index contributed by atoms with van der Waals surface area (Å²) in [6, 6.07) is 3.24. The third-order valence-electron chi connectivity index (χ3n) is 4.72. The number of carboxylic acid groups (broad SMARTS) is 1. The molecule has 2 aromatic rings. The van der Waals surface area contributed by atoms with Gasteiger partial charge in [0.05, 0.1) is 18.4 Å². The molecule has 2 heterocycles. The van der Waals surface area contributed by atoms with Crippen LogP contribution in [0.25, 0.3) is 0 Å². The number of hydrogen-bond acceptors (Lipinski definition) is 10. The maximum Gasteiger partial charge on any atom is 0.526 e. The highest BCUT2D eigenvalue weighted by Gasteiger charge is 2.40. The Morgan fingerprint density at radius 1 is 1.42 bits per heavy atom. The van der Waals surface area contributed by atoms with Crippen molar-refractivity contribution in [2.45, 2.75) is 24.7 Å². The molecule has 0 saturated heterocycles. The number of ether oxygens (including phenoxy) is 1. The van der Waals surface area contributed by atoms with Gasteiger partial charge in [0.25, 0.3) is 0 Å². The summed E-state index contributed by atoms with van der Waals surface area (Å²) in [5.74, 6) is -4.74. The molecule has 3 rings (SSSR count). The van der Waals surface area contributed by atoms with Gasteiger partial charge < -0.3 is 30.6 Å². The number of nitrogens with one attached hydrogen (secondary N) is 1. The summed E-state index contributed by atoms with van der Waals surface area (Å²) in [5.41, 5.74) is 6.19. The third-order valence-corrected chi connectivity index (χ3v) is 5.41. The van der Waals surface area contributed by atoms with E-state index >= 15 is 0 Å². The van der Waals surface area contributed by atoms with Gasteiger partial charge in [-0.2, -0.15) is 0 Å². The molecule has 31 heavy (non-hydrogen) atoms. The SMILES string of the molecule is COC(=O)C(=O)NC(C(=O)C[C@H]1Cc2cccc(C(=O)O)c2OB1O)c1csc(N)n1. The molecule has 2 atom stereocenters. The van der Waals surface area contributed by atoms with Gasteiger partial charge in [0.2, 0.25) is 0 Å². The standard InChI is InChI=1S/C18H18BN3O8S/c1-29-17(27)15(24)22-13(11-7-31-18(20)21-11)12(23)6-9-5-8-3-2-4-10(16(25)26)14(8)30-19(9)28/h2-4,7,9,13,28H,5-6H2,1H3,(H2,20,21)(H,22,24)(H,25,26)/t9-,13?/m1/s1. The maximum atomic E-state index is 13.0. The number of fused-ring (bicyclic) bond motifs is 1. The van der Waals surface area contributed by atoms with E-state index in [2.05, 4.69) is 15.0 Å². The van der Waals surface area contributed by atoms with Gasteiger partial charge >= 0.3 is 25.0 Å². The van der Waals surface area contributed by atoms with E-state index in [0.717, 1.165) is 18.4 Å². The van der Waals surface area contributed by atoms with Gasteiger partial charge in [0.1, 0.15) is 11.8 Å². The second kappa shape index (κ2) is 9.14. The largest absolute Gasteiger partial charge is 0.535 e. The van der Waals surface area contributed by atoms with Crippen LogP contribution in [-0.4, -0.2) is 53.0 Å². The average Bonchev–Trinajstić information content (AvgIpc) is 3.16. The molecule has 13 heteroatoms. The molecule has 1 unspecified atom stereocenters. The van der Waals surface area contributed by atoms with Crippen molar-refractivity contribution >= 4 is 47.2 Å². The van der Waals surface area contributed by atoms with Crippen LogP contribution < -0.4 is 15.7 Å². The molecule has 0 spiro atoms. The molecule has 1 aliphatic rings. The van der Waals surface area contributed by atoms with Crippen LogP contribution in [0.3, 0.4) is 0 Å². The van der Waals surface area contributed by atoms with E-state index in [1.54, 1.807) is 12.1 Å². The lowest BCUT2D eigenvalue weighted by molar-refractivity contribution is -0.153. The third kappa shape index (κ3) is 4.83. The van der Waals surface area contributed by atoms with E-state index in [1.807, 2.05) is 0 Å². The van der Waals surface area contributed by atoms with Crippen molar-refractivity contribution in [2.24, 2.45) is 0 Å². The van der Waals surface area contributed by atoms with Crippen molar-refractivity contribution in [3.05, 3.63) is 40.4 Å². The monoisotopic (exact) mass is 447 g/mol. The van der Waals surface area contributed by atoms with Crippen LogP contribution in [0.1, 0.15) is 34.1 Å². The number of Topliss-reactive ketones (excluding diaryl/α,β-unsaturated/α-hetero) is 1. The number of carbonyl (C=O) groups excluding carboxylic acids is 3. The van der Waals surface area contributed by atoms with Gasteiger partial charge in [-0.05, 0) is 18.1 Å². The van der Waals surface area contributed by atoms with Gasteiger partial charge in [0, 0.05) is 17.6 Å². The lowest BCUT2D eigenvalue weighted by atomic mass is 9.64. The van der Waals surface area contributed by atoms with Gasteiger partial charge in [0.15, 0.2) is 10.9 Å². The van der Waals surface area contributed by atoms with Crippen LogP contribution in [0.4, 0.5) is 5.13 Å². The Kier molecular flexibility index (Phi) is 6.56. The van der Waals surface area contributed by atoms with Crippen LogP contribution >= 0.6 is 11.3 Å². The number of rotatable bonds is 6. The summed E-state index contributed by atoms with van der Waals surface area (Å²) in [6.07, 6.45) is -0.0817. The number of nitrogens with two attached hydrogens (primary N) is 1. The van der Waals surface area contributed by atoms with Crippen molar-refractivity contribution in [3.63, 3.8) is 0 Å². The molecule has 5 N–H and O–H groups in total. The maximum absolute atomic E-state index is 13.0. The number of thiazole rings is 1. The first-order valence-corrected chi connectivity index (χ1v) is 9.91. The van der Waals surface area contributed by atoms with E-state index in [9.17, 15) is 29.3 Å². The van der Waals surface area contributed by atoms with Gasteiger partial charge in [-0.3, -0.25) is 9.59 Å². The molecular formula is C18H18BN3O8S. The predicted molar refractivity (Wildman–Crippen MR) is 109 cm³/mol. The van der Waals surface area contributed by atoms with Crippen LogP contribution in [0, 0.1) is 0 Å². The van der Waals surface area contributed by atoms with Crippen LogP contribution in [0.15, 0.2) is 23.6 Å². The first-order chi connectivity index (χ1) is 14.7. The molecule has 1 aromatic carbocycles. The molecule has 1 amide bonds. The fourth-order valence-electron chi connectivity index (χ4n) is 3.24. The fourth-order valence-corrected chi connectivity index (χ4v) is 3.83. The lowest BCUT2D eigenvalue weighted by Crippen LogP contribution is -2.41. The number of carbonyl (C=O) groups is 4. The minimum absolute atomic E-state index is 0.0500. The van der Waals surface area contributed by atoms with Crippen LogP contribution in [-0.2, 0) is 25.5 Å². The Hall–Kier alpha value is -3.45. The molecule has 0 fully saturated rings. The molecule has 0 saturated carbocycles. The summed E-state index contributed by atoms with van der Waals surface area (Å²) in [5, 5.41) is 23.6. The second-order valence-electron chi connectivity index (χ2n) is 6.75. The second-order valence-corrected chi connectivity index (χ2v) is 7.64. The summed E-state index contributed by atoms with van der Waals surface area (Å²) in [6.45, 7) is 0. The first kappa shape index (κ1) is 22.2. The molecule has 0 bridgehead atoms. The van der Waals surface area contributed by atoms with Crippen molar-refractivity contribution in [2.75, 3.05) is 12.8 Å². The predicted octanol–water partition coefficient (Wildman–Crippen LogP) is 0.199. The average molecular weight is 447 g/mol. The molecule has 11 nitrogen and oxygen atoms in total. The number of esters is 1. The number of ketones is 1. The summed E-state index contributed by atoms with van der Waals surface area (Å²) >= 11 is 1.05. The minimum atomic E-state index is -1.45. The number of carboxylic acids is 1. The minimum Gasteiger partial charge on any atom is -0.535 e. The van der Waals surface area contributed by atoms with E-state index in [-0.39, 0.29) is 35.0 Å². The zero-order chi connectivity index (χ0) is 22.7. The van der Waals surface area contributed by atoms with Crippen LogP contribution in [0.5, 0.6) is 5.75 Å². The smallest absolute Gasteiger partial charge is 0.526 e. The molecule has 162 valence electrons. The molecule has 0 aliphatic carbocycles. The van der Waals surface area contributed by atoms with Gasteiger partial charge in [-0.25, -0.2) is 14.6 Å². The Bertz CT molecular complexity index is 1040. The highest BCUT2D eigenvalue weighted by atomic mass is 32.1. The molecule has 0 radical (unpaired) electrons. The molecule has 1 aliphatic heterocycles. The zero-order valence-electron chi connectivity index (χ0n) is 16.2. The number of para-hydroxylation sites is 1. The number of amides is 1. The Morgan fingerprint density at radius 2 is 2.16 bits per heavy atom. The Morgan fingerprint density at radius 3 is 2.77 bits per heavy atom. The zero-order valence-corrected chi connectivity index (χ0v) is 17.0. The first-order valence-electron chi connectivity index (χ1n) is 9.03. The van der Waals surface area contributed by atoms with Gasteiger partial charge in [-0.1, -0.05) is 12.1 Å². The normalized spacial score (nSPS) is 15.9. The fraction of sp³-hybridized carbons (Fsp3) is 0.278. The number of hydrogen-bond donors (Lipinski definition) is 4. The van der Waals surface area contributed by atoms with Crippen LogP contribution in [0.2, 0.25) is 5.82 Å². The van der Waals surface area contributed by atoms with E-state index in [0.29, 0.717) is 5.56 Å². The topological polar surface area (TPSA) is 178 Å².